The van der Waals surface area contributed by atoms with E-state index >= 15 is 0 Å². The highest BCUT2D eigenvalue weighted by Gasteiger charge is 2.36. The largest absolute Gasteiger partial charge is 0.495 e. The molecule has 0 fully saturated rings. The minimum Gasteiger partial charge on any atom is -0.495 e. The maximum atomic E-state index is 12.9. The van der Waals surface area contributed by atoms with Crippen molar-refractivity contribution in [2.75, 3.05) is 19.1 Å². The molecular formula is C24H22N2O3S. The highest BCUT2D eigenvalue weighted by molar-refractivity contribution is 7.80. The van der Waals surface area contributed by atoms with Gasteiger partial charge >= 0.3 is 5.97 Å². The first kappa shape index (κ1) is 19.9. The number of thiocarbonyl (C=S) groups is 1. The molecule has 0 aliphatic carbocycles. The highest BCUT2D eigenvalue weighted by atomic mass is 32.1. The molecule has 0 aromatic heterocycles. The summed E-state index contributed by atoms with van der Waals surface area (Å²) in [5, 5.41) is 6.00. The third-order valence-electron chi connectivity index (χ3n) is 5.35. The Labute approximate surface area is 180 Å². The van der Waals surface area contributed by atoms with Crippen LogP contribution in [-0.2, 0) is 9.53 Å². The van der Waals surface area contributed by atoms with Crippen molar-refractivity contribution in [3.05, 3.63) is 83.6 Å². The molecule has 0 radical (unpaired) electrons. The lowest BCUT2D eigenvalue weighted by atomic mass is 9.91. The van der Waals surface area contributed by atoms with E-state index in [-0.39, 0.29) is 0 Å². The molecular weight excluding hydrogens is 396 g/mol. The number of hydrogen-bond acceptors (Lipinski definition) is 4. The Bertz CT molecular complexity index is 1170. The smallest absolute Gasteiger partial charge is 0.337 e. The summed E-state index contributed by atoms with van der Waals surface area (Å²) in [5.74, 6) is 0.258. The van der Waals surface area contributed by atoms with E-state index in [4.69, 9.17) is 21.7 Å². The monoisotopic (exact) mass is 418 g/mol. The molecule has 3 aromatic carbocycles. The Kier molecular flexibility index (Phi) is 5.42. The molecule has 1 heterocycles. The van der Waals surface area contributed by atoms with Crippen LogP contribution in [0.15, 0.2) is 78.0 Å². The number of nitrogens with zero attached hydrogens (tertiary/aromatic N) is 1. The maximum Gasteiger partial charge on any atom is 0.337 e. The van der Waals surface area contributed by atoms with Gasteiger partial charge in [0.15, 0.2) is 5.11 Å². The Hall–Kier alpha value is -3.38. The zero-order valence-electron chi connectivity index (χ0n) is 17.0. The molecule has 30 heavy (non-hydrogen) atoms. The van der Waals surface area contributed by atoms with E-state index in [0.717, 1.165) is 22.0 Å². The van der Waals surface area contributed by atoms with Gasteiger partial charge in [0.1, 0.15) is 5.75 Å². The van der Waals surface area contributed by atoms with Crippen LogP contribution in [-0.4, -0.2) is 25.3 Å². The van der Waals surface area contributed by atoms with Gasteiger partial charge in [0.2, 0.25) is 0 Å². The van der Waals surface area contributed by atoms with Crippen LogP contribution in [0.5, 0.6) is 5.75 Å². The van der Waals surface area contributed by atoms with Crippen molar-refractivity contribution < 1.29 is 14.3 Å². The van der Waals surface area contributed by atoms with Crippen molar-refractivity contribution in [2.45, 2.75) is 13.0 Å². The molecule has 0 spiro atoms. The van der Waals surface area contributed by atoms with Crippen molar-refractivity contribution >= 4 is 39.8 Å². The molecule has 3 aromatic rings. The Morgan fingerprint density at radius 2 is 1.70 bits per heavy atom. The number of esters is 1. The topological polar surface area (TPSA) is 50.8 Å². The first-order valence-corrected chi connectivity index (χ1v) is 9.98. The standard InChI is InChI=1S/C24H22N2O3S/c1-15-21(23(27)29-3)22(18-12-8-10-16-9-4-5-11-17(16)18)25-24(30)26(15)19-13-6-7-14-20(19)28-2/h4-14,22H,1-3H3,(H,25,30)/t22-/m1/s1. The Morgan fingerprint density at radius 3 is 2.47 bits per heavy atom. The number of nitrogens with one attached hydrogen (secondary N) is 1. The number of rotatable bonds is 4. The Morgan fingerprint density at radius 1 is 1.00 bits per heavy atom. The van der Waals surface area contributed by atoms with E-state index in [1.807, 2.05) is 66.4 Å². The summed E-state index contributed by atoms with van der Waals surface area (Å²) in [6, 6.07) is 21.3. The molecule has 0 bridgehead atoms. The fourth-order valence-electron chi connectivity index (χ4n) is 3.96. The van der Waals surface area contributed by atoms with Gasteiger partial charge < -0.3 is 14.8 Å². The summed E-state index contributed by atoms with van der Waals surface area (Å²) in [6.45, 7) is 1.88. The minimum absolute atomic E-state index is 0.402. The number of allylic oxidation sites excluding steroid dienone is 1. The maximum absolute atomic E-state index is 12.9. The number of para-hydroxylation sites is 2. The van der Waals surface area contributed by atoms with Gasteiger partial charge in [-0.15, -0.1) is 0 Å². The van der Waals surface area contributed by atoms with E-state index in [9.17, 15) is 4.79 Å². The third kappa shape index (κ3) is 3.29. The fourth-order valence-corrected chi connectivity index (χ4v) is 4.31. The molecule has 152 valence electrons. The number of ether oxygens (including phenoxy) is 2. The average Bonchev–Trinajstić information content (AvgIpc) is 2.78. The van der Waals surface area contributed by atoms with Gasteiger partial charge in [-0.3, -0.25) is 4.90 Å². The van der Waals surface area contributed by atoms with E-state index < -0.39 is 12.0 Å². The van der Waals surface area contributed by atoms with Gasteiger partial charge in [-0.25, -0.2) is 4.79 Å². The van der Waals surface area contributed by atoms with Crippen LogP contribution in [0.4, 0.5) is 5.69 Å². The predicted molar refractivity (Wildman–Crippen MR) is 123 cm³/mol. The van der Waals surface area contributed by atoms with Crippen molar-refractivity contribution in [1.82, 2.24) is 5.32 Å². The van der Waals surface area contributed by atoms with Gasteiger partial charge in [-0.05, 0) is 47.6 Å². The van der Waals surface area contributed by atoms with Crippen LogP contribution < -0.4 is 15.0 Å². The summed E-state index contributed by atoms with van der Waals surface area (Å²) < 4.78 is 10.7. The van der Waals surface area contributed by atoms with Gasteiger partial charge in [0, 0.05) is 5.70 Å². The van der Waals surface area contributed by atoms with E-state index in [2.05, 4.69) is 17.4 Å². The van der Waals surface area contributed by atoms with Crippen LogP contribution in [0.2, 0.25) is 0 Å². The second-order valence-corrected chi connectivity index (χ2v) is 7.34. The minimum atomic E-state index is -0.429. The first-order chi connectivity index (χ1) is 14.6. The van der Waals surface area contributed by atoms with Crippen molar-refractivity contribution in [2.24, 2.45) is 0 Å². The molecule has 0 saturated heterocycles. The molecule has 0 saturated carbocycles. The van der Waals surface area contributed by atoms with Gasteiger partial charge in [-0.1, -0.05) is 54.6 Å². The average molecular weight is 419 g/mol. The SMILES string of the molecule is COC(=O)C1=C(C)N(c2ccccc2OC)C(=S)N[C@@H]1c1cccc2ccccc12. The highest BCUT2D eigenvalue weighted by Crippen LogP contribution is 2.39. The molecule has 1 N–H and O–H groups in total. The lowest BCUT2D eigenvalue weighted by Gasteiger charge is -2.38. The van der Waals surface area contributed by atoms with Crippen LogP contribution in [0.3, 0.4) is 0 Å². The number of fused-ring (bicyclic) bond motifs is 1. The predicted octanol–water partition coefficient (Wildman–Crippen LogP) is 4.73. The Balaban J connectivity index is 1.93. The van der Waals surface area contributed by atoms with E-state index in [0.29, 0.717) is 22.1 Å². The van der Waals surface area contributed by atoms with E-state index in [1.54, 1.807) is 7.11 Å². The molecule has 1 aliphatic heterocycles. The number of carbonyl (C=O) groups excluding carboxylic acids is 1. The summed E-state index contributed by atoms with van der Waals surface area (Å²) in [7, 11) is 3.00. The lowest BCUT2D eigenvalue weighted by molar-refractivity contribution is -0.136. The molecule has 4 rings (SSSR count). The number of benzene rings is 3. The van der Waals surface area contributed by atoms with Gasteiger partial charge in [0.25, 0.3) is 0 Å². The summed E-state index contributed by atoms with van der Waals surface area (Å²) >= 11 is 5.74. The molecule has 5 nitrogen and oxygen atoms in total. The summed E-state index contributed by atoms with van der Waals surface area (Å²) in [5.41, 5.74) is 2.93. The molecule has 0 unspecified atom stereocenters. The number of anilines is 1. The van der Waals surface area contributed by atoms with Crippen LogP contribution in [0.25, 0.3) is 10.8 Å². The summed E-state index contributed by atoms with van der Waals surface area (Å²) in [4.78, 5) is 14.7. The molecule has 0 amide bonds. The van der Waals surface area contributed by atoms with Gasteiger partial charge in [-0.2, -0.15) is 0 Å². The second kappa shape index (κ2) is 8.16. The lowest BCUT2D eigenvalue weighted by Crippen LogP contribution is -2.48. The number of hydrogen-bond donors (Lipinski definition) is 1. The van der Waals surface area contributed by atoms with Crippen LogP contribution in [0.1, 0.15) is 18.5 Å². The van der Waals surface area contributed by atoms with E-state index in [1.165, 1.54) is 7.11 Å². The quantitative estimate of drug-likeness (QED) is 0.488. The van der Waals surface area contributed by atoms with Crippen molar-refractivity contribution in [1.29, 1.82) is 0 Å². The van der Waals surface area contributed by atoms with Crippen LogP contribution >= 0.6 is 12.2 Å². The van der Waals surface area contributed by atoms with Crippen molar-refractivity contribution in [3.8, 4) is 5.75 Å². The number of carbonyl (C=O) groups is 1. The molecule has 1 aliphatic rings. The molecule has 1 atom stereocenters. The number of methoxy groups -OCH3 is 2. The zero-order chi connectivity index (χ0) is 21.3. The fraction of sp³-hybridized carbons (Fsp3) is 0.167. The first-order valence-electron chi connectivity index (χ1n) is 9.57. The van der Waals surface area contributed by atoms with Crippen molar-refractivity contribution in [3.63, 3.8) is 0 Å². The van der Waals surface area contributed by atoms with Crippen LogP contribution in [0, 0.1) is 0 Å². The van der Waals surface area contributed by atoms with Gasteiger partial charge in [0.05, 0.1) is 31.5 Å². The third-order valence-corrected chi connectivity index (χ3v) is 5.65. The second-order valence-electron chi connectivity index (χ2n) is 6.95. The summed E-state index contributed by atoms with van der Waals surface area (Å²) in [6.07, 6.45) is 0. The normalized spacial score (nSPS) is 16.4. The molecule has 6 heteroatoms. The zero-order valence-corrected chi connectivity index (χ0v) is 17.8.